The summed E-state index contributed by atoms with van der Waals surface area (Å²) >= 11 is 1.76. The highest BCUT2D eigenvalue weighted by Gasteiger charge is 2.13. The molecular formula is C15H19N3OS. The van der Waals surface area contributed by atoms with Crippen LogP contribution in [0, 0.1) is 0 Å². The summed E-state index contributed by atoms with van der Waals surface area (Å²) in [6.07, 6.45) is 1.99. The maximum absolute atomic E-state index is 5.41. The van der Waals surface area contributed by atoms with Gasteiger partial charge in [-0.05, 0) is 12.1 Å². The maximum atomic E-state index is 5.41. The van der Waals surface area contributed by atoms with Crippen LogP contribution in [0.15, 0.2) is 30.5 Å². The van der Waals surface area contributed by atoms with Crippen molar-refractivity contribution in [3.05, 3.63) is 35.3 Å². The number of benzene rings is 1. The van der Waals surface area contributed by atoms with Gasteiger partial charge in [0.1, 0.15) is 10.8 Å². The van der Waals surface area contributed by atoms with Gasteiger partial charge in [0.05, 0.1) is 12.7 Å². The average Bonchev–Trinajstić information content (AvgIpc) is 2.96. The Hall–Kier alpha value is -1.43. The standard InChI is InChI=1S/C15H19N3OS/c1-19-14-5-3-2-4-13(14)15-17-10-12(20-15)11-18-8-6-16-7-9-18/h2-5,10,16H,6-9,11H2,1H3. The first-order chi connectivity index (χ1) is 9.86. The van der Waals surface area contributed by atoms with Crippen molar-refractivity contribution in [2.75, 3.05) is 33.3 Å². The Morgan fingerprint density at radius 2 is 2.10 bits per heavy atom. The van der Waals surface area contributed by atoms with Crippen LogP contribution in [0.1, 0.15) is 4.88 Å². The van der Waals surface area contributed by atoms with E-state index in [4.69, 9.17) is 4.74 Å². The summed E-state index contributed by atoms with van der Waals surface area (Å²) in [5, 5.41) is 4.41. The van der Waals surface area contributed by atoms with E-state index in [1.54, 1.807) is 18.4 Å². The molecular weight excluding hydrogens is 270 g/mol. The largest absolute Gasteiger partial charge is 0.496 e. The predicted octanol–water partition coefficient (Wildman–Crippen LogP) is 2.22. The van der Waals surface area contributed by atoms with Gasteiger partial charge >= 0.3 is 0 Å². The normalized spacial score (nSPS) is 16.2. The van der Waals surface area contributed by atoms with E-state index in [-0.39, 0.29) is 0 Å². The maximum Gasteiger partial charge on any atom is 0.129 e. The van der Waals surface area contributed by atoms with Crippen LogP contribution in [-0.2, 0) is 6.54 Å². The second-order valence-corrected chi connectivity index (χ2v) is 5.97. The van der Waals surface area contributed by atoms with Crippen molar-refractivity contribution in [1.82, 2.24) is 15.2 Å². The number of ether oxygens (including phenoxy) is 1. The highest BCUT2D eigenvalue weighted by atomic mass is 32.1. The number of aromatic nitrogens is 1. The molecule has 1 aromatic carbocycles. The zero-order chi connectivity index (χ0) is 13.8. The summed E-state index contributed by atoms with van der Waals surface area (Å²) in [7, 11) is 1.70. The quantitative estimate of drug-likeness (QED) is 0.936. The Morgan fingerprint density at radius 1 is 1.30 bits per heavy atom. The molecule has 1 fully saturated rings. The Morgan fingerprint density at radius 3 is 2.90 bits per heavy atom. The fraction of sp³-hybridized carbons (Fsp3) is 0.400. The number of thiazole rings is 1. The van der Waals surface area contributed by atoms with Gasteiger partial charge in [-0.1, -0.05) is 12.1 Å². The Kier molecular flexibility index (Phi) is 4.30. The third kappa shape index (κ3) is 3.00. The van der Waals surface area contributed by atoms with Crippen LogP contribution in [0.2, 0.25) is 0 Å². The fourth-order valence-corrected chi connectivity index (χ4v) is 3.40. The molecule has 1 aliphatic heterocycles. The summed E-state index contributed by atoms with van der Waals surface area (Å²) in [6, 6.07) is 8.05. The molecule has 0 aliphatic carbocycles. The molecule has 1 saturated heterocycles. The number of piperazine rings is 1. The monoisotopic (exact) mass is 289 g/mol. The van der Waals surface area contributed by atoms with Crippen LogP contribution >= 0.6 is 11.3 Å². The number of hydrogen-bond acceptors (Lipinski definition) is 5. The van der Waals surface area contributed by atoms with E-state index < -0.39 is 0 Å². The predicted molar refractivity (Wildman–Crippen MR) is 82.2 cm³/mol. The van der Waals surface area contributed by atoms with Gasteiger partial charge in [-0.3, -0.25) is 4.90 Å². The summed E-state index contributed by atoms with van der Waals surface area (Å²) in [6.45, 7) is 5.38. The van der Waals surface area contributed by atoms with Crippen molar-refractivity contribution in [3.63, 3.8) is 0 Å². The van der Waals surface area contributed by atoms with Gasteiger partial charge in [-0.25, -0.2) is 4.98 Å². The fourth-order valence-electron chi connectivity index (χ4n) is 2.42. The molecule has 0 bridgehead atoms. The third-order valence-electron chi connectivity index (χ3n) is 3.48. The van der Waals surface area contributed by atoms with E-state index in [9.17, 15) is 0 Å². The lowest BCUT2D eigenvalue weighted by Gasteiger charge is -2.26. The average molecular weight is 289 g/mol. The number of para-hydroxylation sites is 1. The molecule has 4 nitrogen and oxygen atoms in total. The zero-order valence-corrected chi connectivity index (χ0v) is 12.4. The minimum atomic E-state index is 0.885. The van der Waals surface area contributed by atoms with Crippen molar-refractivity contribution in [1.29, 1.82) is 0 Å². The van der Waals surface area contributed by atoms with Crippen molar-refractivity contribution in [2.45, 2.75) is 6.54 Å². The van der Waals surface area contributed by atoms with E-state index in [0.29, 0.717) is 0 Å². The van der Waals surface area contributed by atoms with Crippen LogP contribution in [0.25, 0.3) is 10.6 Å². The lowest BCUT2D eigenvalue weighted by molar-refractivity contribution is 0.235. The highest BCUT2D eigenvalue weighted by Crippen LogP contribution is 2.32. The molecule has 0 amide bonds. The van der Waals surface area contributed by atoms with Crippen molar-refractivity contribution in [3.8, 4) is 16.3 Å². The number of rotatable bonds is 4. The molecule has 1 N–H and O–H groups in total. The molecule has 106 valence electrons. The molecule has 0 spiro atoms. The van der Waals surface area contributed by atoms with Gasteiger partial charge in [0.25, 0.3) is 0 Å². The Bertz CT molecular complexity index is 564. The molecule has 2 heterocycles. The van der Waals surface area contributed by atoms with E-state index in [1.807, 2.05) is 24.4 Å². The van der Waals surface area contributed by atoms with E-state index in [1.165, 1.54) is 4.88 Å². The molecule has 5 heteroatoms. The summed E-state index contributed by atoms with van der Waals surface area (Å²) in [4.78, 5) is 8.34. The Labute approximate surface area is 123 Å². The van der Waals surface area contributed by atoms with Gasteiger partial charge in [0.2, 0.25) is 0 Å². The van der Waals surface area contributed by atoms with Crippen molar-refractivity contribution >= 4 is 11.3 Å². The first-order valence-corrected chi connectivity index (χ1v) is 7.69. The summed E-state index contributed by atoms with van der Waals surface area (Å²) < 4.78 is 5.41. The van der Waals surface area contributed by atoms with Crippen LogP contribution in [0.4, 0.5) is 0 Å². The molecule has 0 unspecified atom stereocenters. The van der Waals surface area contributed by atoms with Gasteiger partial charge < -0.3 is 10.1 Å². The van der Waals surface area contributed by atoms with Crippen LogP contribution in [0.3, 0.4) is 0 Å². The van der Waals surface area contributed by atoms with E-state index in [2.05, 4.69) is 21.3 Å². The lowest BCUT2D eigenvalue weighted by atomic mass is 10.2. The molecule has 1 aliphatic rings. The van der Waals surface area contributed by atoms with E-state index >= 15 is 0 Å². The summed E-state index contributed by atoms with van der Waals surface area (Å²) in [5.74, 6) is 0.885. The van der Waals surface area contributed by atoms with Gasteiger partial charge in [-0.15, -0.1) is 11.3 Å². The molecule has 2 aromatic rings. The topological polar surface area (TPSA) is 37.4 Å². The third-order valence-corrected chi connectivity index (χ3v) is 4.50. The highest BCUT2D eigenvalue weighted by molar-refractivity contribution is 7.15. The summed E-state index contributed by atoms with van der Waals surface area (Å²) in [5.41, 5.74) is 1.08. The first kappa shape index (κ1) is 13.5. The zero-order valence-electron chi connectivity index (χ0n) is 11.6. The Balaban J connectivity index is 1.75. The molecule has 3 rings (SSSR count). The van der Waals surface area contributed by atoms with Crippen LogP contribution < -0.4 is 10.1 Å². The minimum absolute atomic E-state index is 0.885. The van der Waals surface area contributed by atoms with Crippen LogP contribution in [-0.4, -0.2) is 43.2 Å². The number of nitrogens with one attached hydrogen (secondary N) is 1. The lowest BCUT2D eigenvalue weighted by Crippen LogP contribution is -2.42. The van der Waals surface area contributed by atoms with Gasteiger partial charge in [0, 0.05) is 43.8 Å². The minimum Gasteiger partial charge on any atom is -0.496 e. The first-order valence-electron chi connectivity index (χ1n) is 6.88. The number of hydrogen-bond donors (Lipinski definition) is 1. The second-order valence-electron chi connectivity index (χ2n) is 4.86. The molecule has 20 heavy (non-hydrogen) atoms. The molecule has 1 aromatic heterocycles. The number of methoxy groups -OCH3 is 1. The molecule has 0 radical (unpaired) electrons. The van der Waals surface area contributed by atoms with Gasteiger partial charge in [0.15, 0.2) is 0 Å². The number of nitrogens with zero attached hydrogens (tertiary/aromatic N) is 2. The van der Waals surface area contributed by atoms with Crippen molar-refractivity contribution < 1.29 is 4.74 Å². The second kappa shape index (κ2) is 6.35. The van der Waals surface area contributed by atoms with E-state index in [0.717, 1.165) is 49.0 Å². The smallest absolute Gasteiger partial charge is 0.129 e. The molecule has 0 saturated carbocycles. The van der Waals surface area contributed by atoms with Crippen LogP contribution in [0.5, 0.6) is 5.75 Å². The molecule has 0 atom stereocenters. The van der Waals surface area contributed by atoms with Crippen molar-refractivity contribution in [2.24, 2.45) is 0 Å². The van der Waals surface area contributed by atoms with Gasteiger partial charge in [-0.2, -0.15) is 0 Å². The SMILES string of the molecule is COc1ccccc1-c1ncc(CN2CCNCC2)s1.